The van der Waals surface area contributed by atoms with Gasteiger partial charge in [-0.2, -0.15) is 0 Å². The predicted molar refractivity (Wildman–Crippen MR) is 96.1 cm³/mol. The molecular formula is C19H35N3O2. The molecule has 24 heavy (non-hydrogen) atoms. The zero-order valence-electron chi connectivity index (χ0n) is 15.4. The van der Waals surface area contributed by atoms with Crippen molar-refractivity contribution < 1.29 is 9.53 Å². The number of methoxy groups -OCH3 is 1. The first-order valence-corrected chi connectivity index (χ1v) is 10.0. The molecule has 3 fully saturated rings. The SMILES string of the molecule is COC1(C(=O)N2CCCN(CC3CCCCC3)CC2)CCNCC1. The molecule has 0 aromatic rings. The number of rotatable bonds is 4. The van der Waals surface area contributed by atoms with Gasteiger partial charge in [0, 0.05) is 33.3 Å². The summed E-state index contributed by atoms with van der Waals surface area (Å²) in [6.45, 7) is 6.91. The monoisotopic (exact) mass is 337 g/mol. The van der Waals surface area contributed by atoms with Crippen molar-refractivity contribution >= 4 is 5.91 Å². The molecule has 2 saturated heterocycles. The summed E-state index contributed by atoms with van der Waals surface area (Å²) in [4.78, 5) is 17.8. The van der Waals surface area contributed by atoms with Crippen molar-refractivity contribution in [2.75, 3.05) is 52.9 Å². The van der Waals surface area contributed by atoms with E-state index in [1.165, 1.54) is 38.6 Å². The predicted octanol–water partition coefficient (Wildman–Crippen LogP) is 1.87. The largest absolute Gasteiger partial charge is 0.368 e. The lowest BCUT2D eigenvalue weighted by atomic mass is 9.89. The van der Waals surface area contributed by atoms with Crippen molar-refractivity contribution in [2.24, 2.45) is 5.92 Å². The maximum Gasteiger partial charge on any atom is 0.254 e. The molecule has 1 aliphatic carbocycles. The van der Waals surface area contributed by atoms with Crippen molar-refractivity contribution in [1.29, 1.82) is 0 Å². The van der Waals surface area contributed by atoms with Crippen LogP contribution in [0.25, 0.3) is 0 Å². The third-order valence-electron chi connectivity index (χ3n) is 6.31. The van der Waals surface area contributed by atoms with Crippen LogP contribution in [0.1, 0.15) is 51.4 Å². The Morgan fingerprint density at radius 2 is 1.79 bits per heavy atom. The molecule has 0 aromatic heterocycles. The van der Waals surface area contributed by atoms with Crippen LogP contribution >= 0.6 is 0 Å². The molecular weight excluding hydrogens is 302 g/mol. The topological polar surface area (TPSA) is 44.8 Å². The summed E-state index contributed by atoms with van der Waals surface area (Å²) < 4.78 is 5.74. The lowest BCUT2D eigenvalue weighted by Gasteiger charge is -2.38. The first kappa shape index (κ1) is 18.2. The van der Waals surface area contributed by atoms with Gasteiger partial charge in [-0.05, 0) is 57.7 Å². The minimum atomic E-state index is -0.580. The highest BCUT2D eigenvalue weighted by Crippen LogP contribution is 2.27. The highest BCUT2D eigenvalue weighted by molar-refractivity contribution is 5.85. The number of carbonyl (C=O) groups is 1. The Kier molecular flexibility index (Phi) is 6.53. The van der Waals surface area contributed by atoms with Crippen LogP contribution in [0.5, 0.6) is 0 Å². The van der Waals surface area contributed by atoms with E-state index in [2.05, 4.69) is 15.1 Å². The van der Waals surface area contributed by atoms with Gasteiger partial charge in [-0.25, -0.2) is 0 Å². The molecule has 0 radical (unpaired) electrons. The standard InChI is InChI=1S/C19H35N3O2/c1-24-19(8-10-20-11-9-19)18(23)22-13-5-12-21(14-15-22)16-17-6-3-2-4-7-17/h17,20H,2-16H2,1H3. The summed E-state index contributed by atoms with van der Waals surface area (Å²) in [6.07, 6.45) is 9.73. The molecule has 2 heterocycles. The summed E-state index contributed by atoms with van der Waals surface area (Å²) in [7, 11) is 1.70. The van der Waals surface area contributed by atoms with Gasteiger partial charge in [-0.1, -0.05) is 19.3 Å². The normalized spacial score (nSPS) is 27.0. The summed E-state index contributed by atoms with van der Waals surface area (Å²) >= 11 is 0. The lowest BCUT2D eigenvalue weighted by Crippen LogP contribution is -2.56. The Morgan fingerprint density at radius 1 is 1.04 bits per heavy atom. The molecule has 1 saturated carbocycles. The van der Waals surface area contributed by atoms with Gasteiger partial charge in [0.2, 0.25) is 0 Å². The average molecular weight is 338 g/mol. The number of nitrogens with zero attached hydrogens (tertiary/aromatic N) is 2. The molecule has 138 valence electrons. The van der Waals surface area contributed by atoms with Gasteiger partial charge in [-0.3, -0.25) is 4.79 Å². The van der Waals surface area contributed by atoms with Crippen LogP contribution in [0.15, 0.2) is 0 Å². The molecule has 5 heteroatoms. The van der Waals surface area contributed by atoms with Crippen LogP contribution in [0, 0.1) is 5.92 Å². The molecule has 0 atom stereocenters. The first-order valence-electron chi connectivity index (χ1n) is 10.0. The summed E-state index contributed by atoms with van der Waals surface area (Å²) in [6, 6.07) is 0. The van der Waals surface area contributed by atoms with E-state index in [9.17, 15) is 4.79 Å². The van der Waals surface area contributed by atoms with Crippen LogP contribution in [-0.4, -0.2) is 74.2 Å². The first-order chi connectivity index (χ1) is 11.7. The lowest BCUT2D eigenvalue weighted by molar-refractivity contribution is -0.158. The third-order valence-corrected chi connectivity index (χ3v) is 6.31. The van der Waals surface area contributed by atoms with Crippen molar-refractivity contribution in [1.82, 2.24) is 15.1 Å². The number of hydrogen-bond acceptors (Lipinski definition) is 4. The Morgan fingerprint density at radius 3 is 2.50 bits per heavy atom. The average Bonchev–Trinajstić information content (AvgIpc) is 2.88. The minimum absolute atomic E-state index is 0.228. The van der Waals surface area contributed by atoms with Gasteiger partial charge < -0.3 is 19.9 Å². The molecule has 3 aliphatic rings. The van der Waals surface area contributed by atoms with Crippen LogP contribution in [0.3, 0.4) is 0 Å². The van der Waals surface area contributed by atoms with Crippen LogP contribution < -0.4 is 5.32 Å². The molecule has 0 spiro atoms. The molecule has 2 aliphatic heterocycles. The number of ether oxygens (including phenoxy) is 1. The third kappa shape index (κ3) is 4.30. The number of piperidine rings is 1. The number of carbonyl (C=O) groups excluding carboxylic acids is 1. The Bertz CT molecular complexity index is 403. The van der Waals surface area contributed by atoms with Gasteiger partial charge >= 0.3 is 0 Å². The second-order valence-corrected chi connectivity index (χ2v) is 7.90. The number of amides is 1. The van der Waals surface area contributed by atoms with E-state index >= 15 is 0 Å². The fourth-order valence-corrected chi connectivity index (χ4v) is 4.72. The van der Waals surface area contributed by atoms with Gasteiger partial charge in [0.25, 0.3) is 5.91 Å². The fourth-order valence-electron chi connectivity index (χ4n) is 4.72. The Hall–Kier alpha value is -0.650. The minimum Gasteiger partial charge on any atom is -0.368 e. The van der Waals surface area contributed by atoms with Gasteiger partial charge in [0.05, 0.1) is 0 Å². The molecule has 5 nitrogen and oxygen atoms in total. The highest BCUT2D eigenvalue weighted by Gasteiger charge is 2.42. The fraction of sp³-hybridized carbons (Fsp3) is 0.947. The van der Waals surface area contributed by atoms with E-state index in [4.69, 9.17) is 4.74 Å². The second-order valence-electron chi connectivity index (χ2n) is 7.90. The zero-order valence-corrected chi connectivity index (χ0v) is 15.4. The van der Waals surface area contributed by atoms with Gasteiger partial charge in [-0.15, -0.1) is 0 Å². The van der Waals surface area contributed by atoms with E-state index in [0.29, 0.717) is 0 Å². The van der Waals surface area contributed by atoms with Gasteiger partial charge in [0.1, 0.15) is 5.60 Å². The van der Waals surface area contributed by atoms with Crippen molar-refractivity contribution in [3.05, 3.63) is 0 Å². The number of hydrogen-bond donors (Lipinski definition) is 1. The van der Waals surface area contributed by atoms with Crippen LogP contribution in [0.2, 0.25) is 0 Å². The maximum atomic E-state index is 13.1. The Labute approximate surface area is 147 Å². The molecule has 0 aromatic carbocycles. The molecule has 0 unspecified atom stereocenters. The van der Waals surface area contributed by atoms with E-state index in [-0.39, 0.29) is 5.91 Å². The molecule has 1 amide bonds. The van der Waals surface area contributed by atoms with E-state index in [1.807, 2.05) is 0 Å². The van der Waals surface area contributed by atoms with Crippen LogP contribution in [-0.2, 0) is 9.53 Å². The quantitative estimate of drug-likeness (QED) is 0.851. The Balaban J connectivity index is 1.53. The molecule has 0 bridgehead atoms. The van der Waals surface area contributed by atoms with Crippen molar-refractivity contribution in [2.45, 2.75) is 57.0 Å². The second kappa shape index (κ2) is 8.63. The van der Waals surface area contributed by atoms with Crippen LogP contribution in [0.4, 0.5) is 0 Å². The van der Waals surface area contributed by atoms with E-state index < -0.39 is 5.60 Å². The van der Waals surface area contributed by atoms with E-state index in [0.717, 1.165) is 64.4 Å². The number of nitrogens with one attached hydrogen (secondary N) is 1. The van der Waals surface area contributed by atoms with Crippen molar-refractivity contribution in [3.8, 4) is 0 Å². The van der Waals surface area contributed by atoms with Gasteiger partial charge in [0.15, 0.2) is 0 Å². The molecule has 3 rings (SSSR count). The molecule has 1 N–H and O–H groups in total. The summed E-state index contributed by atoms with van der Waals surface area (Å²) in [5.41, 5.74) is -0.580. The summed E-state index contributed by atoms with van der Waals surface area (Å²) in [5, 5.41) is 3.34. The maximum absolute atomic E-state index is 13.1. The summed E-state index contributed by atoms with van der Waals surface area (Å²) in [5.74, 6) is 1.11. The van der Waals surface area contributed by atoms with Crippen molar-refractivity contribution in [3.63, 3.8) is 0 Å². The van der Waals surface area contributed by atoms with E-state index in [1.54, 1.807) is 7.11 Å². The zero-order chi connectivity index (χ0) is 16.8. The smallest absolute Gasteiger partial charge is 0.254 e. The highest BCUT2D eigenvalue weighted by atomic mass is 16.5.